The van der Waals surface area contributed by atoms with Gasteiger partial charge in [-0.2, -0.15) is 13.2 Å². The summed E-state index contributed by atoms with van der Waals surface area (Å²) in [6.45, 7) is 3.34. The molecule has 1 fully saturated rings. The van der Waals surface area contributed by atoms with Crippen LogP contribution in [0.3, 0.4) is 0 Å². The maximum Gasteiger partial charge on any atom is 0.389 e. The maximum atomic E-state index is 12.9. The monoisotopic (exact) mass is 480 g/mol. The number of methoxy groups -OCH3 is 1. The minimum atomic E-state index is -4.18. The van der Waals surface area contributed by atoms with Crippen molar-refractivity contribution in [3.8, 4) is 11.5 Å². The molecule has 0 radical (unpaired) electrons. The summed E-state index contributed by atoms with van der Waals surface area (Å²) in [6.07, 6.45) is -4.97. The number of nitrogens with one attached hydrogen (secondary N) is 1. The zero-order valence-corrected chi connectivity index (χ0v) is 19.0. The minimum Gasteiger partial charge on any atom is -0.493 e. The Hall–Kier alpha value is -1.67. The molecular formula is C22H29Cl2F3N2O2. The minimum absolute atomic E-state index is 0. The van der Waals surface area contributed by atoms with Crippen molar-refractivity contribution in [1.82, 2.24) is 10.2 Å². The second kappa shape index (κ2) is 13.0. The van der Waals surface area contributed by atoms with Gasteiger partial charge in [0.2, 0.25) is 0 Å². The van der Waals surface area contributed by atoms with E-state index >= 15 is 0 Å². The molecular weight excluding hydrogens is 452 g/mol. The molecule has 1 aliphatic rings. The Labute approximate surface area is 193 Å². The van der Waals surface area contributed by atoms with Gasteiger partial charge in [-0.3, -0.25) is 4.90 Å². The van der Waals surface area contributed by atoms with Crippen molar-refractivity contribution in [3.63, 3.8) is 0 Å². The fraction of sp³-hybridized carbons (Fsp3) is 0.455. The van der Waals surface area contributed by atoms with E-state index in [-0.39, 0.29) is 37.3 Å². The summed E-state index contributed by atoms with van der Waals surface area (Å²) in [5.74, 6) is 1.11. The molecule has 174 valence electrons. The fourth-order valence-electron chi connectivity index (χ4n) is 3.60. The Kier molecular flexibility index (Phi) is 11.5. The van der Waals surface area contributed by atoms with Gasteiger partial charge in [0, 0.05) is 38.6 Å². The predicted octanol–water partition coefficient (Wildman–Crippen LogP) is 5.41. The molecule has 1 saturated heterocycles. The molecule has 0 unspecified atom stereocenters. The standard InChI is InChI=1S/C22H27F3N2O2.2ClH/c1-28-20-8-7-18(15-21(20)29-16-17-5-3-2-4-6-17)19(9-10-22(23,24)25)27-13-11-26-12-14-27;;/h2-8,15,19,26H,9-14,16H2,1H3;2*1H/t19-;;/m1../s1. The summed E-state index contributed by atoms with van der Waals surface area (Å²) in [7, 11) is 1.56. The van der Waals surface area contributed by atoms with E-state index in [0.717, 1.165) is 37.3 Å². The van der Waals surface area contributed by atoms with Gasteiger partial charge in [0.15, 0.2) is 11.5 Å². The summed E-state index contributed by atoms with van der Waals surface area (Å²) in [6, 6.07) is 14.9. The molecule has 0 bridgehead atoms. The molecule has 2 aromatic carbocycles. The van der Waals surface area contributed by atoms with Crippen molar-refractivity contribution < 1.29 is 22.6 Å². The molecule has 2 aromatic rings. The van der Waals surface area contributed by atoms with Crippen molar-refractivity contribution in [2.75, 3.05) is 33.3 Å². The molecule has 1 atom stereocenters. The lowest BCUT2D eigenvalue weighted by Crippen LogP contribution is -2.45. The number of alkyl halides is 3. The predicted molar refractivity (Wildman–Crippen MR) is 121 cm³/mol. The largest absolute Gasteiger partial charge is 0.493 e. The molecule has 0 aromatic heterocycles. The van der Waals surface area contributed by atoms with Crippen LogP contribution < -0.4 is 14.8 Å². The summed E-state index contributed by atoms with van der Waals surface area (Å²) in [5, 5.41) is 3.25. The highest BCUT2D eigenvalue weighted by Crippen LogP contribution is 2.36. The lowest BCUT2D eigenvalue weighted by Gasteiger charge is -2.35. The third kappa shape index (κ3) is 8.41. The van der Waals surface area contributed by atoms with Gasteiger partial charge in [-0.25, -0.2) is 0 Å². The van der Waals surface area contributed by atoms with Gasteiger partial charge in [0.05, 0.1) is 7.11 Å². The summed E-state index contributed by atoms with van der Waals surface area (Å²) in [5.41, 5.74) is 1.83. The van der Waals surface area contributed by atoms with Crippen molar-refractivity contribution in [1.29, 1.82) is 0 Å². The average Bonchev–Trinajstić information content (AvgIpc) is 2.73. The molecule has 0 amide bonds. The normalized spacial score (nSPS) is 15.4. The Balaban J connectivity index is 0.00000240. The first-order valence-electron chi connectivity index (χ1n) is 9.82. The number of nitrogens with zero attached hydrogens (tertiary/aromatic N) is 1. The number of piperazine rings is 1. The lowest BCUT2D eigenvalue weighted by atomic mass is 9.98. The smallest absolute Gasteiger partial charge is 0.389 e. The molecule has 4 nitrogen and oxygen atoms in total. The van der Waals surface area contributed by atoms with Crippen LogP contribution in [-0.4, -0.2) is 44.4 Å². The Morgan fingerprint density at radius 1 is 1.00 bits per heavy atom. The number of benzene rings is 2. The summed E-state index contributed by atoms with van der Waals surface area (Å²) >= 11 is 0. The second-order valence-corrected chi connectivity index (χ2v) is 7.14. The molecule has 1 aliphatic heterocycles. The van der Waals surface area contributed by atoms with Gasteiger partial charge in [-0.1, -0.05) is 36.4 Å². The fourth-order valence-corrected chi connectivity index (χ4v) is 3.60. The van der Waals surface area contributed by atoms with E-state index in [1.807, 2.05) is 42.5 Å². The van der Waals surface area contributed by atoms with Crippen molar-refractivity contribution in [3.05, 3.63) is 59.7 Å². The molecule has 0 spiro atoms. The number of hydrogen-bond donors (Lipinski definition) is 1. The van der Waals surface area contributed by atoms with Crippen LogP contribution in [0.25, 0.3) is 0 Å². The van der Waals surface area contributed by atoms with Crippen molar-refractivity contribution in [2.24, 2.45) is 0 Å². The van der Waals surface area contributed by atoms with Gasteiger partial charge < -0.3 is 14.8 Å². The van der Waals surface area contributed by atoms with E-state index in [9.17, 15) is 13.2 Å². The molecule has 9 heteroatoms. The van der Waals surface area contributed by atoms with Gasteiger partial charge in [-0.05, 0) is 29.7 Å². The Bertz CT molecular complexity index is 773. The highest BCUT2D eigenvalue weighted by molar-refractivity contribution is 5.85. The van der Waals surface area contributed by atoms with Crippen LogP contribution in [-0.2, 0) is 6.61 Å². The van der Waals surface area contributed by atoms with Crippen LogP contribution in [0.4, 0.5) is 13.2 Å². The van der Waals surface area contributed by atoms with Gasteiger partial charge in [0.1, 0.15) is 6.61 Å². The molecule has 0 saturated carbocycles. The Morgan fingerprint density at radius 2 is 1.68 bits per heavy atom. The summed E-state index contributed by atoms with van der Waals surface area (Å²) < 4.78 is 50.1. The molecule has 1 heterocycles. The molecule has 0 aliphatic carbocycles. The van der Waals surface area contributed by atoms with E-state index in [1.165, 1.54) is 0 Å². The van der Waals surface area contributed by atoms with Crippen molar-refractivity contribution >= 4 is 24.8 Å². The number of rotatable bonds is 8. The molecule has 31 heavy (non-hydrogen) atoms. The second-order valence-electron chi connectivity index (χ2n) is 7.14. The van der Waals surface area contributed by atoms with Crippen LogP contribution in [0, 0.1) is 0 Å². The molecule has 1 N–H and O–H groups in total. The highest BCUT2D eigenvalue weighted by Gasteiger charge is 2.31. The maximum absolute atomic E-state index is 12.9. The molecule has 3 rings (SSSR count). The van der Waals surface area contributed by atoms with Crippen LogP contribution in [0.1, 0.15) is 30.0 Å². The van der Waals surface area contributed by atoms with Gasteiger partial charge in [-0.15, -0.1) is 24.8 Å². The van der Waals surface area contributed by atoms with E-state index in [4.69, 9.17) is 9.47 Å². The van der Waals surface area contributed by atoms with Gasteiger partial charge >= 0.3 is 6.18 Å². The lowest BCUT2D eigenvalue weighted by molar-refractivity contribution is -0.138. The zero-order chi connectivity index (χ0) is 20.7. The SMILES string of the molecule is COc1ccc([C@@H](CCC(F)(F)F)N2CCNCC2)cc1OCc1ccccc1.Cl.Cl. The van der Waals surface area contributed by atoms with E-state index < -0.39 is 12.6 Å². The first kappa shape index (κ1) is 27.4. The number of ether oxygens (including phenoxy) is 2. The van der Waals surface area contributed by atoms with Crippen LogP contribution >= 0.6 is 24.8 Å². The average molecular weight is 481 g/mol. The van der Waals surface area contributed by atoms with E-state index in [2.05, 4.69) is 10.2 Å². The van der Waals surface area contributed by atoms with Crippen molar-refractivity contribution in [2.45, 2.75) is 31.7 Å². The topological polar surface area (TPSA) is 33.7 Å². The highest BCUT2D eigenvalue weighted by atomic mass is 35.5. The quantitative estimate of drug-likeness (QED) is 0.547. The Morgan fingerprint density at radius 3 is 2.29 bits per heavy atom. The first-order chi connectivity index (χ1) is 14.0. The number of hydrogen-bond acceptors (Lipinski definition) is 4. The third-order valence-corrected chi connectivity index (χ3v) is 5.10. The van der Waals surface area contributed by atoms with Crippen LogP contribution in [0.5, 0.6) is 11.5 Å². The van der Waals surface area contributed by atoms with Gasteiger partial charge in [0.25, 0.3) is 0 Å². The zero-order valence-electron chi connectivity index (χ0n) is 17.4. The van der Waals surface area contributed by atoms with E-state index in [0.29, 0.717) is 18.1 Å². The van der Waals surface area contributed by atoms with E-state index in [1.54, 1.807) is 13.2 Å². The third-order valence-electron chi connectivity index (χ3n) is 5.10. The first-order valence-corrected chi connectivity index (χ1v) is 9.82. The summed E-state index contributed by atoms with van der Waals surface area (Å²) in [4.78, 5) is 2.12. The van der Waals surface area contributed by atoms with Crippen LogP contribution in [0.15, 0.2) is 48.5 Å². The number of halogens is 5. The van der Waals surface area contributed by atoms with Crippen LogP contribution in [0.2, 0.25) is 0 Å².